The number of aryl methyl sites for hydroxylation is 1. The molecule has 31 heavy (non-hydrogen) atoms. The van der Waals surface area contributed by atoms with Crippen LogP contribution >= 0.6 is 0 Å². The summed E-state index contributed by atoms with van der Waals surface area (Å²) in [6.07, 6.45) is -0.108. The number of anilines is 1. The molecule has 0 saturated carbocycles. The van der Waals surface area contributed by atoms with E-state index in [1.165, 1.54) is 11.6 Å². The molecule has 1 heterocycles. The van der Waals surface area contributed by atoms with Gasteiger partial charge in [-0.1, -0.05) is 50.2 Å². The van der Waals surface area contributed by atoms with Crippen molar-refractivity contribution in [2.24, 2.45) is 0 Å². The van der Waals surface area contributed by atoms with Gasteiger partial charge in [0.25, 0.3) is 11.5 Å². The first-order valence-corrected chi connectivity index (χ1v) is 10.5. The van der Waals surface area contributed by atoms with Crippen LogP contribution in [-0.4, -0.2) is 27.8 Å². The highest BCUT2D eigenvalue weighted by Crippen LogP contribution is 2.26. The van der Waals surface area contributed by atoms with E-state index in [0.717, 1.165) is 12.0 Å². The third-order valence-electron chi connectivity index (χ3n) is 5.38. The van der Waals surface area contributed by atoms with Crippen LogP contribution in [0.5, 0.6) is 0 Å². The van der Waals surface area contributed by atoms with E-state index in [0.29, 0.717) is 23.0 Å². The van der Waals surface area contributed by atoms with Crippen molar-refractivity contribution in [2.45, 2.75) is 52.7 Å². The van der Waals surface area contributed by atoms with Crippen LogP contribution in [0.15, 0.2) is 53.3 Å². The van der Waals surface area contributed by atoms with Crippen LogP contribution < -0.4 is 10.9 Å². The van der Waals surface area contributed by atoms with Crippen LogP contribution in [-0.2, 0) is 16.1 Å². The number of para-hydroxylation sites is 1. The Kier molecular flexibility index (Phi) is 6.84. The maximum atomic E-state index is 12.8. The topological polar surface area (TPSA) is 90.3 Å². The summed E-state index contributed by atoms with van der Waals surface area (Å²) >= 11 is 0. The lowest BCUT2D eigenvalue weighted by Crippen LogP contribution is -2.32. The molecule has 1 amide bonds. The molecular formula is C24H27N3O4. The molecule has 0 aliphatic carbocycles. The van der Waals surface area contributed by atoms with E-state index in [-0.39, 0.29) is 17.2 Å². The largest absolute Gasteiger partial charge is 0.448 e. The maximum Gasteiger partial charge on any atom is 0.360 e. The molecule has 2 aromatic carbocycles. The molecule has 0 unspecified atom stereocenters. The van der Waals surface area contributed by atoms with Gasteiger partial charge in [0.05, 0.1) is 5.39 Å². The van der Waals surface area contributed by atoms with Gasteiger partial charge >= 0.3 is 5.97 Å². The summed E-state index contributed by atoms with van der Waals surface area (Å²) in [5.74, 6) is -0.909. The molecule has 162 valence electrons. The first-order chi connectivity index (χ1) is 14.9. The number of fused-ring (bicyclic) bond motifs is 1. The molecule has 0 radical (unpaired) electrons. The molecule has 0 aliphatic rings. The highest BCUT2D eigenvalue weighted by atomic mass is 16.5. The van der Waals surface area contributed by atoms with E-state index in [1.807, 2.05) is 24.3 Å². The zero-order chi connectivity index (χ0) is 22.5. The summed E-state index contributed by atoms with van der Waals surface area (Å²) in [6.45, 7) is 7.77. The minimum absolute atomic E-state index is 0.0108. The number of carbonyl (C=O) groups is 2. The van der Waals surface area contributed by atoms with E-state index < -0.39 is 18.0 Å². The Morgan fingerprint density at radius 3 is 2.35 bits per heavy atom. The smallest absolute Gasteiger partial charge is 0.360 e. The van der Waals surface area contributed by atoms with Gasteiger partial charge in [-0.05, 0) is 43.9 Å². The quantitative estimate of drug-likeness (QED) is 0.580. The SMILES string of the molecule is CC[C@H](C)c1ccccc1NC(=O)[C@@H](C)OC(=O)c1nn(CC)c(=O)c2ccccc12. The van der Waals surface area contributed by atoms with Crippen LogP contribution in [0.25, 0.3) is 10.8 Å². The van der Waals surface area contributed by atoms with Crippen molar-refractivity contribution in [3.63, 3.8) is 0 Å². The number of ether oxygens (including phenoxy) is 1. The van der Waals surface area contributed by atoms with Crippen LogP contribution in [0.1, 0.15) is 56.1 Å². The Balaban J connectivity index is 1.83. The number of hydrogen-bond acceptors (Lipinski definition) is 5. The van der Waals surface area contributed by atoms with Crippen molar-refractivity contribution in [2.75, 3.05) is 5.32 Å². The first kappa shape index (κ1) is 22.2. The summed E-state index contributed by atoms with van der Waals surface area (Å²) in [5.41, 5.74) is 1.46. The predicted molar refractivity (Wildman–Crippen MR) is 120 cm³/mol. The fourth-order valence-corrected chi connectivity index (χ4v) is 3.36. The van der Waals surface area contributed by atoms with Gasteiger partial charge in [-0.2, -0.15) is 5.10 Å². The van der Waals surface area contributed by atoms with Gasteiger partial charge in [0.15, 0.2) is 11.8 Å². The number of benzene rings is 2. The minimum Gasteiger partial charge on any atom is -0.448 e. The van der Waals surface area contributed by atoms with Crippen LogP contribution in [0.4, 0.5) is 5.69 Å². The Labute approximate surface area is 181 Å². The number of amides is 1. The van der Waals surface area contributed by atoms with Crippen molar-refractivity contribution < 1.29 is 14.3 Å². The Hall–Kier alpha value is -3.48. The van der Waals surface area contributed by atoms with E-state index in [9.17, 15) is 14.4 Å². The Bertz CT molecular complexity index is 1170. The predicted octanol–water partition coefficient (Wildman–Crippen LogP) is 4.11. The normalized spacial score (nSPS) is 12.9. The lowest BCUT2D eigenvalue weighted by atomic mass is 9.97. The van der Waals surface area contributed by atoms with Gasteiger partial charge in [-0.15, -0.1) is 0 Å². The lowest BCUT2D eigenvalue weighted by Gasteiger charge is -2.18. The van der Waals surface area contributed by atoms with E-state index in [2.05, 4.69) is 24.3 Å². The van der Waals surface area contributed by atoms with Gasteiger partial charge in [0.1, 0.15) is 0 Å². The molecule has 0 spiro atoms. The van der Waals surface area contributed by atoms with Gasteiger partial charge in [-0.3, -0.25) is 9.59 Å². The maximum absolute atomic E-state index is 12.8. The lowest BCUT2D eigenvalue weighted by molar-refractivity contribution is -0.123. The van der Waals surface area contributed by atoms with Crippen LogP contribution in [0.3, 0.4) is 0 Å². The molecule has 3 rings (SSSR count). The molecule has 7 nitrogen and oxygen atoms in total. The average molecular weight is 421 g/mol. The molecule has 7 heteroatoms. The number of nitrogens with zero attached hydrogens (tertiary/aromatic N) is 2. The Morgan fingerprint density at radius 2 is 1.68 bits per heavy atom. The zero-order valence-corrected chi connectivity index (χ0v) is 18.2. The van der Waals surface area contributed by atoms with Gasteiger partial charge in [0, 0.05) is 17.6 Å². The van der Waals surface area contributed by atoms with Crippen LogP contribution in [0, 0.1) is 0 Å². The zero-order valence-electron chi connectivity index (χ0n) is 18.2. The molecule has 3 aromatic rings. The molecule has 2 atom stereocenters. The van der Waals surface area contributed by atoms with Gasteiger partial charge in [0.2, 0.25) is 0 Å². The number of nitrogens with one attached hydrogen (secondary N) is 1. The van der Waals surface area contributed by atoms with Crippen LogP contribution in [0.2, 0.25) is 0 Å². The van der Waals surface area contributed by atoms with Crippen molar-refractivity contribution >= 4 is 28.3 Å². The van der Waals surface area contributed by atoms with Crippen molar-refractivity contribution in [3.8, 4) is 0 Å². The van der Waals surface area contributed by atoms with E-state index >= 15 is 0 Å². The molecule has 1 N–H and O–H groups in total. The molecule has 0 fully saturated rings. The second-order valence-corrected chi connectivity index (χ2v) is 7.45. The third-order valence-corrected chi connectivity index (χ3v) is 5.38. The summed E-state index contributed by atoms with van der Waals surface area (Å²) in [5, 5.41) is 7.80. The molecule has 0 bridgehead atoms. The second-order valence-electron chi connectivity index (χ2n) is 7.45. The number of aromatic nitrogens is 2. The van der Waals surface area contributed by atoms with E-state index in [1.54, 1.807) is 31.2 Å². The third kappa shape index (κ3) is 4.66. The molecule has 1 aromatic heterocycles. The summed E-state index contributed by atoms with van der Waals surface area (Å²) in [6, 6.07) is 14.3. The van der Waals surface area contributed by atoms with Crippen molar-refractivity contribution in [1.82, 2.24) is 9.78 Å². The monoisotopic (exact) mass is 421 g/mol. The van der Waals surface area contributed by atoms with Crippen molar-refractivity contribution in [1.29, 1.82) is 0 Å². The second kappa shape index (κ2) is 9.55. The fourth-order valence-electron chi connectivity index (χ4n) is 3.36. The number of carbonyl (C=O) groups excluding carboxylic acids is 2. The standard InChI is InChI=1S/C24H27N3O4/c1-5-15(3)17-11-9-10-14-20(17)25-22(28)16(4)31-24(30)21-18-12-7-8-13-19(18)23(29)27(6-2)26-21/h7-16H,5-6H2,1-4H3,(H,25,28)/t15-,16+/m0/s1. The summed E-state index contributed by atoms with van der Waals surface area (Å²) < 4.78 is 6.63. The summed E-state index contributed by atoms with van der Waals surface area (Å²) in [7, 11) is 0. The number of esters is 1. The molecule has 0 aliphatic heterocycles. The Morgan fingerprint density at radius 1 is 1.03 bits per heavy atom. The summed E-state index contributed by atoms with van der Waals surface area (Å²) in [4.78, 5) is 38.0. The highest BCUT2D eigenvalue weighted by molar-refractivity contribution is 6.03. The van der Waals surface area contributed by atoms with Gasteiger partial charge in [-0.25, -0.2) is 9.48 Å². The van der Waals surface area contributed by atoms with Gasteiger partial charge < -0.3 is 10.1 Å². The number of rotatable bonds is 7. The molecule has 0 saturated heterocycles. The molecular weight excluding hydrogens is 394 g/mol. The number of hydrogen-bond donors (Lipinski definition) is 1. The van der Waals surface area contributed by atoms with Crippen molar-refractivity contribution in [3.05, 3.63) is 70.1 Å². The minimum atomic E-state index is -1.04. The first-order valence-electron chi connectivity index (χ1n) is 10.5. The van der Waals surface area contributed by atoms with E-state index in [4.69, 9.17) is 4.74 Å². The average Bonchev–Trinajstić information content (AvgIpc) is 2.79. The fraction of sp³-hybridized carbons (Fsp3) is 0.333. The highest BCUT2D eigenvalue weighted by Gasteiger charge is 2.24.